The van der Waals surface area contributed by atoms with Crippen LogP contribution in [0.1, 0.15) is 52.7 Å². The second-order valence-corrected chi connectivity index (χ2v) is 8.33. The van der Waals surface area contributed by atoms with E-state index in [4.69, 9.17) is 17.0 Å². The lowest BCUT2D eigenvalue weighted by Crippen LogP contribution is -2.33. The number of carbonyl (C=O) groups is 2. The summed E-state index contributed by atoms with van der Waals surface area (Å²) in [6.45, 7) is 4.73. The Bertz CT molecular complexity index is 1430. The number of esters is 2. The highest BCUT2D eigenvalue weighted by atomic mass is 16.6. The van der Waals surface area contributed by atoms with Crippen molar-refractivity contribution in [2.24, 2.45) is 0 Å². The normalized spacial score (nSPS) is 21.6. The monoisotopic (exact) mass is 480 g/mol. The van der Waals surface area contributed by atoms with Gasteiger partial charge in [-0.2, -0.15) is 0 Å². The highest BCUT2D eigenvalue weighted by molar-refractivity contribution is 5.90. The summed E-state index contributed by atoms with van der Waals surface area (Å²) in [7, 11) is 0. The van der Waals surface area contributed by atoms with Gasteiger partial charge in [-0.3, -0.25) is 14.3 Å². The fourth-order valence-electron chi connectivity index (χ4n) is 3.47. The Morgan fingerprint density at radius 2 is 1.57 bits per heavy atom. The lowest BCUT2D eigenvalue weighted by molar-refractivity contribution is -0.0582. The lowest BCUT2D eigenvalue weighted by Gasteiger charge is -2.19. The molecule has 9 heteroatoms. The molecule has 1 fully saturated rings. The second kappa shape index (κ2) is 10.1. The van der Waals surface area contributed by atoms with Gasteiger partial charge in [0, 0.05) is 20.9 Å². The smallest absolute Gasteiger partial charge is 0.338 e. The summed E-state index contributed by atoms with van der Waals surface area (Å²) in [6, 6.07) is 13.2. The van der Waals surface area contributed by atoms with Crippen molar-refractivity contribution in [1.82, 2.24) is 9.55 Å². The Balaban J connectivity index is 1.63. The number of ether oxygens (including phenoxy) is 3. The van der Waals surface area contributed by atoms with Gasteiger partial charge in [-0.05, 0) is 45.0 Å². The average Bonchev–Trinajstić information content (AvgIpc) is 3.10. The van der Waals surface area contributed by atoms with E-state index in [2.05, 4.69) is 4.98 Å². The molecule has 2 heterocycles. The summed E-state index contributed by atoms with van der Waals surface area (Å²) in [5.74, 6) is -1.48. The van der Waals surface area contributed by atoms with E-state index >= 15 is 0 Å². The van der Waals surface area contributed by atoms with E-state index in [1.165, 1.54) is 13.1 Å². The summed E-state index contributed by atoms with van der Waals surface area (Å²) in [4.78, 5) is 51.9. The first-order valence-corrected chi connectivity index (χ1v) is 11.0. The molecule has 0 bridgehead atoms. The number of benzene rings is 2. The molecule has 182 valence electrons. The van der Waals surface area contributed by atoms with Gasteiger partial charge in [0.1, 0.15) is 25.0 Å². The average molecular weight is 481 g/mol. The largest absolute Gasteiger partial charge is 0.459 e. The Labute approximate surface area is 204 Å². The molecule has 0 amide bonds. The van der Waals surface area contributed by atoms with Gasteiger partial charge in [0.15, 0.2) is 0 Å². The molecule has 2 aromatic carbocycles. The van der Waals surface area contributed by atoms with Crippen LogP contribution < -0.4 is 11.2 Å². The predicted octanol–water partition coefficient (Wildman–Crippen LogP) is 2.83. The van der Waals surface area contributed by atoms with Crippen LogP contribution in [0, 0.1) is 20.8 Å². The summed E-state index contributed by atoms with van der Waals surface area (Å²) < 4.78 is 35.1. The van der Waals surface area contributed by atoms with Gasteiger partial charge in [-0.25, -0.2) is 14.4 Å². The molecule has 0 unspecified atom stereocenters. The van der Waals surface area contributed by atoms with Gasteiger partial charge in [-0.15, -0.1) is 0 Å². The minimum Gasteiger partial charge on any atom is -0.459 e. The quantitative estimate of drug-likeness (QED) is 0.539. The number of nitrogens with zero attached hydrogens (tertiary/aromatic N) is 1. The van der Waals surface area contributed by atoms with E-state index in [1.807, 2.05) is 13.8 Å². The molecule has 1 aromatic heterocycles. The standard InChI is InChI=1S/C26H26N2O7/c1-15-4-8-18(9-5-15)24(30)33-14-21-20(35-25(31)19-10-6-16(2)7-11-19)12-22(34-21)28-13-17(3)23(29)27-26(28)32/h4-11,13,20-22H,12,14H2,1-3H3,(H,27,29,32)/t20-,21+,22+/m0/s1/i12D2. The molecule has 1 saturated heterocycles. The number of nitrogens with one attached hydrogen (secondary N) is 1. The van der Waals surface area contributed by atoms with Gasteiger partial charge in [-0.1, -0.05) is 35.4 Å². The first-order chi connectivity index (χ1) is 17.5. The third-order valence-electron chi connectivity index (χ3n) is 5.53. The third kappa shape index (κ3) is 5.58. The van der Waals surface area contributed by atoms with Crippen LogP contribution in [0.3, 0.4) is 0 Å². The fraction of sp³-hybridized carbons (Fsp3) is 0.308. The van der Waals surface area contributed by atoms with Gasteiger partial charge in [0.25, 0.3) is 5.56 Å². The molecule has 1 N–H and O–H groups in total. The van der Waals surface area contributed by atoms with Crippen molar-refractivity contribution in [3.63, 3.8) is 0 Å². The molecular formula is C26H26N2O7. The van der Waals surface area contributed by atoms with E-state index in [-0.39, 0.29) is 16.7 Å². The molecule has 3 aromatic rings. The lowest BCUT2D eigenvalue weighted by atomic mass is 10.1. The maximum Gasteiger partial charge on any atom is 0.338 e. The maximum atomic E-state index is 12.9. The van der Waals surface area contributed by atoms with Crippen LogP contribution in [0.25, 0.3) is 0 Å². The number of aryl methyl sites for hydroxylation is 3. The molecule has 0 saturated carbocycles. The van der Waals surface area contributed by atoms with Crippen LogP contribution >= 0.6 is 0 Å². The number of hydrogen-bond donors (Lipinski definition) is 1. The number of aromatic amines is 1. The van der Waals surface area contributed by atoms with Crippen molar-refractivity contribution < 1.29 is 26.5 Å². The number of rotatable bonds is 6. The van der Waals surface area contributed by atoms with Crippen LogP contribution in [-0.4, -0.2) is 40.3 Å². The molecule has 0 aliphatic carbocycles. The number of hydrogen-bond acceptors (Lipinski definition) is 7. The Kier molecular flexibility index (Phi) is 6.22. The highest BCUT2D eigenvalue weighted by Crippen LogP contribution is 2.31. The second-order valence-electron chi connectivity index (χ2n) is 8.33. The minimum absolute atomic E-state index is 0.154. The topological polar surface area (TPSA) is 117 Å². The zero-order valence-corrected chi connectivity index (χ0v) is 19.4. The zero-order valence-electron chi connectivity index (χ0n) is 21.4. The van der Waals surface area contributed by atoms with Crippen molar-refractivity contribution in [3.8, 4) is 0 Å². The molecule has 1 aliphatic heterocycles. The van der Waals surface area contributed by atoms with Crippen LogP contribution in [0.2, 0.25) is 0 Å². The summed E-state index contributed by atoms with van der Waals surface area (Å²) in [5.41, 5.74) is 0.986. The van der Waals surface area contributed by atoms with Crippen LogP contribution in [0.4, 0.5) is 0 Å². The molecule has 4 rings (SSSR count). The SMILES string of the molecule is [2H]C1([2H])[C@H](OC(=O)c2ccc(C)cc2)[C@@H](COC(=O)c2ccc(C)cc2)O[C@H]1n1cc(C)c(=O)[nH]c1=O. The molecule has 9 nitrogen and oxygen atoms in total. The van der Waals surface area contributed by atoms with Crippen molar-refractivity contribution in [1.29, 1.82) is 0 Å². The van der Waals surface area contributed by atoms with Crippen molar-refractivity contribution >= 4 is 11.9 Å². The minimum atomic E-state index is -2.43. The van der Waals surface area contributed by atoms with Crippen molar-refractivity contribution in [3.05, 3.63) is 103 Å². The molecule has 0 spiro atoms. The Hall–Kier alpha value is -3.98. The molecule has 35 heavy (non-hydrogen) atoms. The van der Waals surface area contributed by atoms with E-state index in [9.17, 15) is 19.2 Å². The summed E-state index contributed by atoms with van der Waals surface area (Å²) in [6.07, 6.45) is -5.63. The molecular weight excluding hydrogens is 452 g/mol. The van der Waals surface area contributed by atoms with Crippen LogP contribution in [-0.2, 0) is 14.2 Å². The first-order valence-electron chi connectivity index (χ1n) is 12.0. The number of carbonyl (C=O) groups excluding carboxylic acids is 2. The van der Waals surface area contributed by atoms with E-state index in [0.29, 0.717) is 0 Å². The number of aromatic nitrogens is 2. The summed E-state index contributed by atoms with van der Waals surface area (Å²) >= 11 is 0. The van der Waals surface area contributed by atoms with E-state index in [0.717, 1.165) is 15.7 Å². The van der Waals surface area contributed by atoms with Crippen molar-refractivity contribution in [2.45, 2.75) is 45.6 Å². The molecule has 0 radical (unpaired) electrons. The van der Waals surface area contributed by atoms with Crippen LogP contribution in [0.5, 0.6) is 0 Å². The number of H-pyrrole nitrogens is 1. The maximum absolute atomic E-state index is 12.9. The van der Waals surface area contributed by atoms with E-state index < -0.39 is 54.6 Å². The predicted molar refractivity (Wildman–Crippen MR) is 126 cm³/mol. The van der Waals surface area contributed by atoms with Gasteiger partial charge in [0.2, 0.25) is 0 Å². The first kappa shape index (κ1) is 21.5. The zero-order chi connectivity index (χ0) is 26.9. The molecule has 3 atom stereocenters. The van der Waals surface area contributed by atoms with E-state index in [1.54, 1.807) is 48.5 Å². The van der Waals surface area contributed by atoms with Crippen molar-refractivity contribution in [2.75, 3.05) is 6.61 Å². The fourth-order valence-corrected chi connectivity index (χ4v) is 3.47. The van der Waals surface area contributed by atoms with Gasteiger partial charge in [0.05, 0.1) is 11.1 Å². The Morgan fingerprint density at radius 1 is 1.00 bits per heavy atom. The van der Waals surface area contributed by atoms with Gasteiger partial charge >= 0.3 is 17.6 Å². The van der Waals surface area contributed by atoms with Crippen LogP contribution in [0.15, 0.2) is 64.3 Å². The third-order valence-corrected chi connectivity index (χ3v) is 5.53. The Morgan fingerprint density at radius 3 is 2.17 bits per heavy atom. The highest BCUT2D eigenvalue weighted by Gasteiger charge is 2.40. The summed E-state index contributed by atoms with van der Waals surface area (Å²) in [5, 5.41) is 0. The molecule has 1 aliphatic rings. The van der Waals surface area contributed by atoms with Gasteiger partial charge < -0.3 is 14.2 Å².